The van der Waals surface area contributed by atoms with Crippen molar-refractivity contribution in [2.75, 3.05) is 0 Å². The molecule has 0 aromatic rings. The molecule has 0 saturated heterocycles. The molecule has 3 heteroatoms. The summed E-state index contributed by atoms with van der Waals surface area (Å²) in [5.41, 5.74) is 5.81. The van der Waals surface area contributed by atoms with Crippen LogP contribution in [0.15, 0.2) is 37.1 Å². The molecule has 0 aliphatic rings. The van der Waals surface area contributed by atoms with Crippen molar-refractivity contribution >= 4 is 11.4 Å². The Morgan fingerprint density at radius 2 is 1.69 bits per heavy atom. The molecule has 0 atom stereocenters. The first-order chi connectivity index (χ1) is 7.59. The van der Waals surface area contributed by atoms with E-state index < -0.39 is 0 Å². The lowest BCUT2D eigenvalue weighted by atomic mass is 10.2. The second-order valence-corrected chi connectivity index (χ2v) is 2.46. The van der Waals surface area contributed by atoms with Gasteiger partial charge in [-0.15, -0.1) is 0 Å². The fourth-order valence-electron chi connectivity index (χ4n) is 0.472. The normalized spacial score (nSPS) is 8.75. The fourth-order valence-corrected chi connectivity index (χ4v) is 0.472. The molecule has 0 rings (SSSR count). The Kier molecular flexibility index (Phi) is 23.6. The quantitative estimate of drug-likeness (QED) is 0.493. The zero-order valence-electron chi connectivity index (χ0n) is 10.9. The number of nitrogens with one attached hydrogen (secondary N) is 2. The first kappa shape index (κ1) is 19.9. The summed E-state index contributed by atoms with van der Waals surface area (Å²) in [5, 5.41) is 13.8. The highest BCUT2D eigenvalue weighted by Crippen LogP contribution is 1.81. The summed E-state index contributed by atoms with van der Waals surface area (Å²) in [6.45, 7) is 11.0. The van der Waals surface area contributed by atoms with Crippen LogP contribution >= 0.6 is 0 Å². The van der Waals surface area contributed by atoms with E-state index in [1.807, 2.05) is 32.9 Å². The third-order valence-electron chi connectivity index (χ3n) is 1.28. The second kappa shape index (κ2) is 19.0. The van der Waals surface area contributed by atoms with Crippen molar-refractivity contribution in [2.45, 2.75) is 34.1 Å². The lowest BCUT2D eigenvalue weighted by Crippen LogP contribution is -2.03. The SMILES string of the molecule is C=C/C=C\C=C\N.CC.CCC(=N)C(C)=N. The lowest BCUT2D eigenvalue weighted by molar-refractivity contribution is 1.26. The molecule has 0 saturated carbocycles. The Hall–Kier alpha value is -1.64. The summed E-state index contributed by atoms with van der Waals surface area (Å²) in [5.74, 6) is 0. The van der Waals surface area contributed by atoms with Crippen molar-refractivity contribution in [3.05, 3.63) is 37.1 Å². The average Bonchev–Trinajstić information content (AvgIpc) is 2.32. The molecule has 16 heavy (non-hydrogen) atoms. The van der Waals surface area contributed by atoms with E-state index >= 15 is 0 Å². The van der Waals surface area contributed by atoms with Crippen LogP contribution in [0.25, 0.3) is 0 Å². The first-order valence-electron chi connectivity index (χ1n) is 5.39. The average molecular weight is 223 g/mol. The van der Waals surface area contributed by atoms with Crippen LogP contribution in [0.2, 0.25) is 0 Å². The van der Waals surface area contributed by atoms with E-state index in [0.717, 1.165) is 0 Å². The topological polar surface area (TPSA) is 73.7 Å². The molecule has 0 spiro atoms. The van der Waals surface area contributed by atoms with E-state index in [9.17, 15) is 0 Å². The number of allylic oxidation sites excluding steroid dienone is 4. The van der Waals surface area contributed by atoms with Crippen molar-refractivity contribution in [1.82, 2.24) is 0 Å². The van der Waals surface area contributed by atoms with Crippen LogP contribution in [0, 0.1) is 10.8 Å². The van der Waals surface area contributed by atoms with Gasteiger partial charge in [-0.1, -0.05) is 45.6 Å². The van der Waals surface area contributed by atoms with Gasteiger partial charge in [0.2, 0.25) is 0 Å². The number of rotatable bonds is 4. The summed E-state index contributed by atoms with van der Waals surface area (Å²) in [6, 6.07) is 0. The van der Waals surface area contributed by atoms with Crippen LogP contribution < -0.4 is 5.73 Å². The van der Waals surface area contributed by atoms with Crippen LogP contribution in [-0.4, -0.2) is 11.4 Å². The van der Waals surface area contributed by atoms with Crippen molar-refractivity contribution in [2.24, 2.45) is 5.73 Å². The molecule has 4 N–H and O–H groups in total. The van der Waals surface area contributed by atoms with Crippen molar-refractivity contribution in [1.29, 1.82) is 10.8 Å². The highest BCUT2D eigenvalue weighted by molar-refractivity contribution is 6.38. The molecule has 0 heterocycles. The molecule has 92 valence electrons. The van der Waals surface area contributed by atoms with Gasteiger partial charge in [0.25, 0.3) is 0 Å². The second-order valence-electron chi connectivity index (χ2n) is 2.46. The van der Waals surface area contributed by atoms with E-state index in [0.29, 0.717) is 17.8 Å². The molecule has 0 radical (unpaired) electrons. The third-order valence-corrected chi connectivity index (χ3v) is 1.28. The standard InChI is InChI=1S/C6H9N.C5H10N2.C2H6/c1-2-3-4-5-6-7;1-3-5(7)4(2)6;1-2/h2-6H,1,7H2;6-7H,3H2,1-2H3;1-2H3/b4-3-,6-5+;;. The molecule has 0 amide bonds. The third kappa shape index (κ3) is 22.8. The van der Waals surface area contributed by atoms with Crippen LogP contribution in [0.3, 0.4) is 0 Å². The Labute approximate surface area is 99.8 Å². The summed E-state index contributed by atoms with van der Waals surface area (Å²) >= 11 is 0. The predicted octanol–water partition coefficient (Wildman–Crippen LogP) is 3.68. The van der Waals surface area contributed by atoms with Gasteiger partial charge in [-0.3, -0.25) is 0 Å². The van der Waals surface area contributed by atoms with Crippen LogP contribution in [0.5, 0.6) is 0 Å². The maximum Gasteiger partial charge on any atom is 0.0515 e. The molecular weight excluding hydrogens is 198 g/mol. The Bertz CT molecular complexity index is 238. The molecule has 0 aliphatic heterocycles. The highest BCUT2D eigenvalue weighted by Gasteiger charge is 1.90. The molecule has 0 fully saturated rings. The van der Waals surface area contributed by atoms with E-state index in [-0.39, 0.29) is 0 Å². The zero-order valence-corrected chi connectivity index (χ0v) is 10.9. The Morgan fingerprint density at radius 3 is 1.88 bits per heavy atom. The largest absolute Gasteiger partial charge is 0.405 e. The van der Waals surface area contributed by atoms with Crippen LogP contribution in [0.4, 0.5) is 0 Å². The molecule has 0 unspecified atom stereocenters. The molecule has 0 aliphatic carbocycles. The van der Waals surface area contributed by atoms with Gasteiger partial charge < -0.3 is 16.6 Å². The predicted molar refractivity (Wildman–Crippen MR) is 75.4 cm³/mol. The van der Waals surface area contributed by atoms with Gasteiger partial charge in [-0.05, 0) is 25.6 Å². The van der Waals surface area contributed by atoms with Crippen molar-refractivity contribution in [3.8, 4) is 0 Å². The Balaban J connectivity index is -0.000000183. The van der Waals surface area contributed by atoms with Crippen molar-refractivity contribution < 1.29 is 0 Å². The van der Waals surface area contributed by atoms with Gasteiger partial charge in [0, 0.05) is 5.71 Å². The fraction of sp³-hybridized carbons (Fsp3) is 0.385. The molecule has 3 nitrogen and oxygen atoms in total. The van der Waals surface area contributed by atoms with E-state index in [2.05, 4.69) is 6.58 Å². The Morgan fingerprint density at radius 1 is 1.19 bits per heavy atom. The van der Waals surface area contributed by atoms with Gasteiger partial charge >= 0.3 is 0 Å². The summed E-state index contributed by atoms with van der Waals surface area (Å²) in [7, 11) is 0. The molecule has 0 bridgehead atoms. The minimum Gasteiger partial charge on any atom is -0.405 e. The summed E-state index contributed by atoms with van der Waals surface area (Å²) in [4.78, 5) is 0. The minimum atomic E-state index is 0.377. The summed E-state index contributed by atoms with van der Waals surface area (Å²) < 4.78 is 0. The molecular formula is C13H25N3. The maximum atomic E-state index is 6.97. The van der Waals surface area contributed by atoms with Gasteiger partial charge in [0.15, 0.2) is 0 Å². The van der Waals surface area contributed by atoms with Gasteiger partial charge in [0.05, 0.1) is 5.71 Å². The first-order valence-corrected chi connectivity index (χ1v) is 5.39. The summed E-state index contributed by atoms with van der Waals surface area (Å²) in [6.07, 6.45) is 9.20. The van der Waals surface area contributed by atoms with E-state index in [1.165, 1.54) is 6.20 Å². The van der Waals surface area contributed by atoms with Gasteiger partial charge in [-0.25, -0.2) is 0 Å². The van der Waals surface area contributed by atoms with E-state index in [1.54, 1.807) is 19.1 Å². The molecule has 0 aromatic heterocycles. The smallest absolute Gasteiger partial charge is 0.0515 e. The van der Waals surface area contributed by atoms with E-state index in [4.69, 9.17) is 16.6 Å². The zero-order chi connectivity index (χ0) is 13.4. The monoisotopic (exact) mass is 223 g/mol. The van der Waals surface area contributed by atoms with Gasteiger partial charge in [-0.2, -0.15) is 0 Å². The van der Waals surface area contributed by atoms with Crippen LogP contribution in [0.1, 0.15) is 34.1 Å². The lowest BCUT2D eigenvalue weighted by Gasteiger charge is -1.90. The van der Waals surface area contributed by atoms with Crippen molar-refractivity contribution in [3.63, 3.8) is 0 Å². The molecule has 0 aromatic carbocycles. The number of hydrogen-bond acceptors (Lipinski definition) is 3. The van der Waals surface area contributed by atoms with Gasteiger partial charge in [0.1, 0.15) is 0 Å². The number of nitrogens with two attached hydrogens (primary N) is 1. The highest BCUT2D eigenvalue weighted by atomic mass is 14.5. The number of hydrogen-bond donors (Lipinski definition) is 3. The van der Waals surface area contributed by atoms with Crippen LogP contribution in [-0.2, 0) is 0 Å². The minimum absolute atomic E-state index is 0.377. The maximum absolute atomic E-state index is 6.97.